The summed E-state index contributed by atoms with van der Waals surface area (Å²) in [6, 6.07) is -2.61. The Balaban J connectivity index is 5.38. The highest BCUT2D eigenvalue weighted by Crippen LogP contribution is 2.35. The van der Waals surface area contributed by atoms with Crippen molar-refractivity contribution in [2.75, 3.05) is 13.7 Å². The first kappa shape index (κ1) is 26.9. The highest BCUT2D eigenvalue weighted by molar-refractivity contribution is 5.90. The van der Waals surface area contributed by atoms with Crippen LogP contribution >= 0.6 is 0 Å². The van der Waals surface area contributed by atoms with Gasteiger partial charge >= 0.3 is 24.2 Å². The number of hydrogen-bond donors (Lipinski definition) is 2. The molecule has 0 aliphatic heterocycles. The molecule has 2 amide bonds. The molecule has 2 N–H and O–H groups in total. The van der Waals surface area contributed by atoms with Crippen molar-refractivity contribution in [2.45, 2.75) is 64.7 Å². The number of amides is 2. The van der Waals surface area contributed by atoms with E-state index in [-0.39, 0.29) is 6.42 Å². The number of carbonyl (C=O) groups excluding carboxylic acids is 3. The molecular weight excluding hydrogens is 407 g/mol. The summed E-state index contributed by atoms with van der Waals surface area (Å²) in [6.07, 6.45) is -6.04. The normalized spacial score (nSPS) is 16.2. The number of alkyl halides is 5. The maximum atomic E-state index is 13.0. The van der Waals surface area contributed by atoms with Gasteiger partial charge in [-0.2, -0.15) is 22.0 Å². The van der Waals surface area contributed by atoms with Crippen LogP contribution in [0.5, 0.6) is 0 Å². The third kappa shape index (κ3) is 8.01. The van der Waals surface area contributed by atoms with Crippen molar-refractivity contribution in [3.05, 3.63) is 0 Å². The Labute approximate surface area is 165 Å². The molecule has 0 rings (SSSR count). The van der Waals surface area contributed by atoms with Crippen molar-refractivity contribution in [1.82, 2.24) is 10.6 Å². The average Bonchev–Trinajstić information content (AvgIpc) is 2.65. The summed E-state index contributed by atoms with van der Waals surface area (Å²) in [4.78, 5) is 36.2. The van der Waals surface area contributed by atoms with Crippen LogP contribution in [0.3, 0.4) is 0 Å². The number of nitrogens with one attached hydrogen (secondary N) is 2. The summed E-state index contributed by atoms with van der Waals surface area (Å²) < 4.78 is 71.4. The minimum absolute atomic E-state index is 0.286. The van der Waals surface area contributed by atoms with E-state index in [9.17, 15) is 36.3 Å². The van der Waals surface area contributed by atoms with E-state index in [1.807, 2.05) is 0 Å². The number of rotatable bonds is 10. The van der Waals surface area contributed by atoms with Crippen molar-refractivity contribution in [2.24, 2.45) is 11.8 Å². The molecule has 0 saturated carbocycles. The fourth-order valence-electron chi connectivity index (χ4n) is 2.13. The molecule has 0 radical (unpaired) electrons. The number of esters is 1. The molecule has 170 valence electrons. The van der Waals surface area contributed by atoms with Crippen molar-refractivity contribution >= 4 is 18.0 Å². The van der Waals surface area contributed by atoms with Crippen LogP contribution in [0, 0.1) is 11.8 Å². The number of ether oxygens (including phenoxy) is 2. The molecule has 12 heteroatoms. The van der Waals surface area contributed by atoms with Crippen LogP contribution in [-0.4, -0.2) is 55.9 Å². The summed E-state index contributed by atoms with van der Waals surface area (Å²) >= 11 is 0. The SMILES string of the molecule is CCC(C)C(NC(=O)OC)C(=O)NC(C(=O)OCC(F)(F)C(F)(F)F)C(C)CC. The lowest BCUT2D eigenvalue weighted by molar-refractivity contribution is -0.294. The molecule has 0 aromatic carbocycles. The smallest absolute Gasteiger partial charge is 0.456 e. The quantitative estimate of drug-likeness (QED) is 0.407. The van der Waals surface area contributed by atoms with Crippen molar-refractivity contribution in [3.8, 4) is 0 Å². The Hall–Kier alpha value is -2.14. The zero-order valence-electron chi connectivity index (χ0n) is 16.9. The van der Waals surface area contributed by atoms with E-state index in [0.717, 1.165) is 7.11 Å². The van der Waals surface area contributed by atoms with E-state index in [4.69, 9.17) is 0 Å². The fourth-order valence-corrected chi connectivity index (χ4v) is 2.13. The molecule has 0 heterocycles. The number of hydrogen-bond acceptors (Lipinski definition) is 5. The maximum Gasteiger partial charge on any atom is 0.456 e. The summed E-state index contributed by atoms with van der Waals surface area (Å²) in [6.45, 7) is 4.29. The summed E-state index contributed by atoms with van der Waals surface area (Å²) in [7, 11) is 1.08. The molecule has 0 aliphatic carbocycles. The number of carbonyl (C=O) groups is 3. The molecule has 0 aliphatic rings. The third-order valence-electron chi connectivity index (χ3n) is 4.53. The Kier molecular flexibility index (Phi) is 10.3. The standard InChI is InChI=1S/C17H27F5N2O5/c1-6-9(3)11(24-15(27)28-5)13(25)23-12(10(4)7-2)14(26)29-8-16(18,19)17(20,21)22/h9-12H,6-8H2,1-5H3,(H,23,25)(H,24,27). The molecule has 0 spiro atoms. The molecule has 29 heavy (non-hydrogen) atoms. The molecule has 0 aromatic heterocycles. The molecule has 7 nitrogen and oxygen atoms in total. The lowest BCUT2D eigenvalue weighted by atomic mass is 9.95. The van der Waals surface area contributed by atoms with E-state index < -0.39 is 60.6 Å². The largest absolute Gasteiger partial charge is 0.457 e. The first-order valence-corrected chi connectivity index (χ1v) is 8.97. The summed E-state index contributed by atoms with van der Waals surface area (Å²) in [5.41, 5.74) is 0. The highest BCUT2D eigenvalue weighted by atomic mass is 19.4. The zero-order chi connectivity index (χ0) is 23.0. The molecule has 0 saturated heterocycles. The predicted octanol–water partition coefficient (Wildman–Crippen LogP) is 3.03. The number of methoxy groups -OCH3 is 1. The molecule has 0 fully saturated rings. The van der Waals surface area contributed by atoms with Crippen LogP contribution in [0.25, 0.3) is 0 Å². The van der Waals surface area contributed by atoms with E-state index in [0.29, 0.717) is 6.42 Å². The summed E-state index contributed by atoms with van der Waals surface area (Å²) in [5, 5.41) is 4.58. The Morgan fingerprint density at radius 1 is 0.897 bits per heavy atom. The van der Waals surface area contributed by atoms with Gasteiger partial charge in [0, 0.05) is 0 Å². The molecule has 4 unspecified atom stereocenters. The first-order valence-electron chi connectivity index (χ1n) is 8.97. The van der Waals surface area contributed by atoms with Crippen LogP contribution in [0.15, 0.2) is 0 Å². The van der Waals surface area contributed by atoms with Crippen LogP contribution in [0.1, 0.15) is 40.5 Å². The molecule has 0 aromatic rings. The van der Waals surface area contributed by atoms with Gasteiger partial charge in [0.15, 0.2) is 6.61 Å². The first-order chi connectivity index (χ1) is 13.2. The van der Waals surface area contributed by atoms with Crippen molar-refractivity contribution in [3.63, 3.8) is 0 Å². The highest BCUT2D eigenvalue weighted by Gasteiger charge is 2.58. The number of alkyl carbamates (subject to hydrolysis) is 1. The van der Waals surface area contributed by atoms with Crippen molar-refractivity contribution < 1.29 is 45.8 Å². The van der Waals surface area contributed by atoms with Gasteiger partial charge < -0.3 is 20.1 Å². The Morgan fingerprint density at radius 3 is 1.79 bits per heavy atom. The summed E-state index contributed by atoms with van der Waals surface area (Å²) in [5.74, 6) is -8.51. The maximum absolute atomic E-state index is 13.0. The van der Waals surface area contributed by atoms with Gasteiger partial charge in [0.25, 0.3) is 0 Å². The van der Waals surface area contributed by atoms with E-state index in [1.54, 1.807) is 20.8 Å². The minimum Gasteiger partial charge on any atom is -0.457 e. The van der Waals surface area contributed by atoms with Gasteiger partial charge in [0.1, 0.15) is 12.1 Å². The van der Waals surface area contributed by atoms with Crippen LogP contribution < -0.4 is 10.6 Å². The van der Waals surface area contributed by atoms with Crippen LogP contribution in [-0.2, 0) is 19.1 Å². The topological polar surface area (TPSA) is 93.7 Å². The second-order valence-corrected chi connectivity index (χ2v) is 6.68. The van der Waals surface area contributed by atoms with Gasteiger partial charge in [-0.1, -0.05) is 40.5 Å². The lowest BCUT2D eigenvalue weighted by Crippen LogP contribution is -2.56. The lowest BCUT2D eigenvalue weighted by Gasteiger charge is -2.28. The fraction of sp³-hybridized carbons (Fsp3) is 0.824. The van der Waals surface area contributed by atoms with Crippen molar-refractivity contribution in [1.29, 1.82) is 0 Å². The van der Waals surface area contributed by atoms with Gasteiger partial charge in [0.05, 0.1) is 7.11 Å². The Morgan fingerprint density at radius 2 is 1.38 bits per heavy atom. The van der Waals surface area contributed by atoms with Gasteiger partial charge in [-0.3, -0.25) is 4.79 Å². The van der Waals surface area contributed by atoms with E-state index in [2.05, 4.69) is 20.1 Å². The average molecular weight is 434 g/mol. The number of halogens is 5. The van der Waals surface area contributed by atoms with Crippen LogP contribution in [0.2, 0.25) is 0 Å². The van der Waals surface area contributed by atoms with Gasteiger partial charge in [-0.25, -0.2) is 9.59 Å². The third-order valence-corrected chi connectivity index (χ3v) is 4.53. The molecular formula is C17H27F5N2O5. The minimum atomic E-state index is -5.88. The van der Waals surface area contributed by atoms with E-state index >= 15 is 0 Å². The zero-order valence-corrected chi connectivity index (χ0v) is 16.9. The monoisotopic (exact) mass is 434 g/mol. The molecule has 4 atom stereocenters. The van der Waals surface area contributed by atoms with Gasteiger partial charge in [0.2, 0.25) is 5.91 Å². The van der Waals surface area contributed by atoms with Gasteiger partial charge in [-0.05, 0) is 11.8 Å². The molecule has 0 bridgehead atoms. The second-order valence-electron chi connectivity index (χ2n) is 6.68. The van der Waals surface area contributed by atoms with Gasteiger partial charge in [-0.15, -0.1) is 0 Å². The predicted molar refractivity (Wildman–Crippen MR) is 92.1 cm³/mol. The van der Waals surface area contributed by atoms with E-state index in [1.165, 1.54) is 6.92 Å². The second kappa shape index (κ2) is 11.1. The van der Waals surface area contributed by atoms with Crippen LogP contribution in [0.4, 0.5) is 26.7 Å². The Bertz CT molecular complexity index is 571.